The molecule has 0 aromatic heterocycles. The minimum absolute atomic E-state index is 0.00731. The molecule has 31 heavy (non-hydrogen) atoms. The largest absolute Gasteiger partial charge is 0.481 e. The van der Waals surface area contributed by atoms with Gasteiger partial charge in [0.15, 0.2) is 6.61 Å². The van der Waals surface area contributed by atoms with Gasteiger partial charge in [-0.2, -0.15) is 4.31 Å². The summed E-state index contributed by atoms with van der Waals surface area (Å²) in [5, 5.41) is 8.93. The molecule has 0 aliphatic rings. The number of nitrogen functional groups attached to an aromatic ring is 1. The molecular formula is C22H21FN2O5S. The van der Waals surface area contributed by atoms with E-state index in [1.807, 2.05) is 0 Å². The van der Waals surface area contributed by atoms with Crippen molar-refractivity contribution in [1.29, 1.82) is 0 Å². The fourth-order valence-electron chi connectivity index (χ4n) is 3.02. The molecular weight excluding hydrogens is 423 g/mol. The molecule has 0 saturated heterocycles. The number of hydrogen-bond acceptors (Lipinski definition) is 5. The number of carboxylic acids is 1. The number of halogens is 1. The summed E-state index contributed by atoms with van der Waals surface area (Å²) in [6.45, 7) is -0.518. The Morgan fingerprint density at radius 2 is 1.84 bits per heavy atom. The van der Waals surface area contributed by atoms with Gasteiger partial charge in [0.25, 0.3) is 0 Å². The zero-order chi connectivity index (χ0) is 22.6. The Morgan fingerprint density at radius 3 is 2.52 bits per heavy atom. The first-order valence-electron chi connectivity index (χ1n) is 9.22. The van der Waals surface area contributed by atoms with Gasteiger partial charge in [-0.25, -0.2) is 17.6 Å². The topological polar surface area (TPSA) is 110 Å². The Balaban J connectivity index is 1.94. The lowest BCUT2D eigenvalue weighted by atomic mass is 10.0. The third-order valence-corrected chi connectivity index (χ3v) is 6.30. The van der Waals surface area contributed by atoms with Crippen molar-refractivity contribution in [3.05, 3.63) is 78.1 Å². The Morgan fingerprint density at radius 1 is 1.10 bits per heavy atom. The van der Waals surface area contributed by atoms with Crippen LogP contribution in [0.1, 0.15) is 5.56 Å². The predicted octanol–water partition coefficient (Wildman–Crippen LogP) is 3.36. The van der Waals surface area contributed by atoms with Crippen LogP contribution in [-0.2, 0) is 21.4 Å². The molecule has 0 aliphatic carbocycles. The first-order chi connectivity index (χ1) is 14.7. The molecule has 0 fully saturated rings. The van der Waals surface area contributed by atoms with E-state index in [1.54, 1.807) is 42.5 Å². The number of carboxylic acid groups (broad SMARTS) is 1. The number of aliphatic carboxylic acids is 1. The van der Waals surface area contributed by atoms with Crippen LogP contribution in [0, 0.1) is 5.82 Å². The van der Waals surface area contributed by atoms with Crippen LogP contribution in [0.15, 0.2) is 71.6 Å². The van der Waals surface area contributed by atoms with Gasteiger partial charge in [0.1, 0.15) is 11.6 Å². The lowest BCUT2D eigenvalue weighted by Crippen LogP contribution is -2.26. The molecule has 0 radical (unpaired) electrons. The van der Waals surface area contributed by atoms with Gasteiger partial charge in [0.05, 0.1) is 4.90 Å². The van der Waals surface area contributed by atoms with Crippen LogP contribution in [0.4, 0.5) is 10.1 Å². The zero-order valence-corrected chi connectivity index (χ0v) is 17.5. The Bertz CT molecular complexity index is 1210. The second-order valence-corrected chi connectivity index (χ2v) is 8.90. The van der Waals surface area contributed by atoms with Crippen molar-refractivity contribution in [1.82, 2.24) is 4.31 Å². The minimum Gasteiger partial charge on any atom is -0.481 e. The fraction of sp³-hybridized carbons (Fsp3) is 0.136. The molecule has 0 saturated carbocycles. The molecule has 0 spiro atoms. The van der Waals surface area contributed by atoms with Gasteiger partial charge in [-0.15, -0.1) is 0 Å². The molecule has 3 rings (SSSR count). The lowest BCUT2D eigenvalue weighted by molar-refractivity contribution is -0.139. The van der Waals surface area contributed by atoms with Gasteiger partial charge in [-0.3, -0.25) is 0 Å². The van der Waals surface area contributed by atoms with Crippen LogP contribution in [0.5, 0.6) is 5.75 Å². The van der Waals surface area contributed by atoms with E-state index in [9.17, 15) is 17.6 Å². The molecule has 3 aromatic carbocycles. The van der Waals surface area contributed by atoms with Crippen molar-refractivity contribution in [2.75, 3.05) is 19.4 Å². The van der Waals surface area contributed by atoms with Crippen molar-refractivity contribution < 1.29 is 27.4 Å². The molecule has 7 nitrogen and oxygen atoms in total. The molecule has 0 amide bonds. The second kappa shape index (κ2) is 9.15. The van der Waals surface area contributed by atoms with Crippen LogP contribution in [0.2, 0.25) is 0 Å². The number of sulfonamides is 1. The zero-order valence-electron chi connectivity index (χ0n) is 16.7. The first-order valence-corrected chi connectivity index (χ1v) is 10.7. The summed E-state index contributed by atoms with van der Waals surface area (Å²) in [5.41, 5.74) is 8.27. The highest BCUT2D eigenvalue weighted by Crippen LogP contribution is 2.33. The number of anilines is 1. The molecule has 3 N–H and O–H groups in total. The summed E-state index contributed by atoms with van der Waals surface area (Å²) in [7, 11) is -2.51. The number of benzene rings is 3. The fourth-order valence-corrected chi connectivity index (χ4v) is 4.21. The first kappa shape index (κ1) is 22.3. The highest BCUT2D eigenvalue weighted by Gasteiger charge is 2.22. The van der Waals surface area contributed by atoms with Gasteiger partial charge < -0.3 is 15.6 Å². The van der Waals surface area contributed by atoms with Crippen molar-refractivity contribution in [2.24, 2.45) is 0 Å². The Hall–Kier alpha value is -3.43. The summed E-state index contributed by atoms with van der Waals surface area (Å²) in [6, 6.07) is 16.7. The monoisotopic (exact) mass is 444 g/mol. The van der Waals surface area contributed by atoms with E-state index in [2.05, 4.69) is 0 Å². The van der Waals surface area contributed by atoms with Gasteiger partial charge >= 0.3 is 5.97 Å². The summed E-state index contributed by atoms with van der Waals surface area (Å²) in [4.78, 5) is 10.8. The third-order valence-electron chi connectivity index (χ3n) is 4.50. The lowest BCUT2D eigenvalue weighted by Gasteiger charge is -2.19. The van der Waals surface area contributed by atoms with Gasteiger partial charge in [0.2, 0.25) is 10.0 Å². The highest BCUT2D eigenvalue weighted by molar-refractivity contribution is 7.89. The number of rotatable bonds is 8. The maximum absolute atomic E-state index is 13.5. The number of carbonyl (C=O) groups is 1. The van der Waals surface area contributed by atoms with E-state index in [4.69, 9.17) is 15.6 Å². The maximum atomic E-state index is 13.5. The molecule has 162 valence electrons. The third kappa shape index (κ3) is 5.39. The van der Waals surface area contributed by atoms with E-state index in [0.29, 0.717) is 28.1 Å². The highest BCUT2D eigenvalue weighted by atomic mass is 32.2. The smallest absolute Gasteiger partial charge is 0.341 e. The summed E-state index contributed by atoms with van der Waals surface area (Å²) >= 11 is 0. The standard InChI is InChI=1S/C22H21FN2O5S/c1-25(31(28,29)19-7-3-5-17(23)12-19)13-15-8-9-21(30-14-22(26)27)20(10-15)16-4-2-6-18(24)11-16/h2-12H,13-14,24H2,1H3,(H,26,27). The van der Waals surface area contributed by atoms with Crippen molar-refractivity contribution in [3.63, 3.8) is 0 Å². The van der Waals surface area contributed by atoms with Crippen LogP contribution >= 0.6 is 0 Å². The molecule has 0 heterocycles. The van der Waals surface area contributed by atoms with Crippen molar-refractivity contribution in [3.8, 4) is 16.9 Å². The molecule has 3 aromatic rings. The summed E-state index contributed by atoms with van der Waals surface area (Å²) < 4.78 is 45.6. The Labute approximate surface area is 179 Å². The van der Waals surface area contributed by atoms with Crippen LogP contribution in [0.25, 0.3) is 11.1 Å². The Kier molecular flexibility index (Phi) is 6.57. The number of nitrogens with zero attached hydrogens (tertiary/aromatic N) is 1. The average molecular weight is 444 g/mol. The number of hydrogen-bond donors (Lipinski definition) is 2. The minimum atomic E-state index is -3.91. The van der Waals surface area contributed by atoms with E-state index < -0.39 is 28.4 Å². The molecule has 9 heteroatoms. The number of nitrogens with two attached hydrogens (primary N) is 1. The van der Waals surface area contributed by atoms with E-state index >= 15 is 0 Å². The van der Waals surface area contributed by atoms with Crippen LogP contribution in [-0.4, -0.2) is 37.5 Å². The van der Waals surface area contributed by atoms with Gasteiger partial charge in [-0.05, 0) is 53.6 Å². The second-order valence-electron chi connectivity index (χ2n) is 6.86. The van der Waals surface area contributed by atoms with Crippen molar-refractivity contribution >= 4 is 21.7 Å². The van der Waals surface area contributed by atoms with Crippen LogP contribution in [0.3, 0.4) is 0 Å². The normalized spacial score (nSPS) is 11.5. The molecule has 0 aliphatic heterocycles. The molecule has 0 unspecified atom stereocenters. The summed E-state index contributed by atoms with van der Waals surface area (Å²) in [5.74, 6) is -1.44. The summed E-state index contributed by atoms with van der Waals surface area (Å²) in [6.07, 6.45) is 0. The number of ether oxygens (including phenoxy) is 1. The van der Waals surface area contributed by atoms with Gasteiger partial charge in [-0.1, -0.05) is 24.3 Å². The quantitative estimate of drug-likeness (QED) is 0.516. The molecule has 0 bridgehead atoms. The van der Waals surface area contributed by atoms with Crippen molar-refractivity contribution in [2.45, 2.75) is 11.4 Å². The van der Waals surface area contributed by atoms with Crippen LogP contribution < -0.4 is 10.5 Å². The van der Waals surface area contributed by atoms with E-state index in [0.717, 1.165) is 10.4 Å². The SMILES string of the molecule is CN(Cc1ccc(OCC(=O)O)c(-c2cccc(N)c2)c1)S(=O)(=O)c1cccc(F)c1. The van der Waals surface area contributed by atoms with Gasteiger partial charge in [0, 0.05) is 24.8 Å². The average Bonchev–Trinajstić information content (AvgIpc) is 2.72. The van der Waals surface area contributed by atoms with E-state index in [-0.39, 0.29) is 11.4 Å². The van der Waals surface area contributed by atoms with E-state index in [1.165, 1.54) is 25.2 Å². The predicted molar refractivity (Wildman–Crippen MR) is 114 cm³/mol. The molecule has 0 atom stereocenters. The maximum Gasteiger partial charge on any atom is 0.341 e.